The lowest BCUT2D eigenvalue weighted by Gasteiger charge is -2.34. The van der Waals surface area contributed by atoms with E-state index in [2.05, 4.69) is 0 Å². The van der Waals surface area contributed by atoms with Gasteiger partial charge in [-0.2, -0.15) is 0 Å². The number of aliphatic hydroxyl groups is 4. The van der Waals surface area contributed by atoms with Crippen LogP contribution in [-0.2, 0) is 36.8 Å². The number of rotatable bonds is 9. The molecule has 43 heteroatoms. The second kappa shape index (κ2) is 39.7. The van der Waals surface area contributed by atoms with Crippen molar-refractivity contribution in [1.82, 2.24) is 0 Å². The first-order chi connectivity index (χ1) is 66.7. The molecule has 33 N–H and O–H groups in total. The van der Waals surface area contributed by atoms with Crippen LogP contribution in [0.4, 0.5) is 0 Å². The van der Waals surface area contributed by atoms with E-state index in [4.69, 9.17) is 37.6 Å². The summed E-state index contributed by atoms with van der Waals surface area (Å²) in [5.41, 5.74) is 2.66. The average Bonchev–Trinajstić information content (AvgIpc) is 0.767. The van der Waals surface area contributed by atoms with E-state index in [-0.39, 0.29) is 209 Å². The summed E-state index contributed by atoms with van der Waals surface area (Å²) in [5, 5.41) is 319. The first kappa shape index (κ1) is 98.4. The van der Waals surface area contributed by atoms with Crippen LogP contribution in [0.5, 0.6) is 201 Å². The van der Waals surface area contributed by atoms with Crippen LogP contribution in [-0.4, -0.2) is 212 Å². The van der Waals surface area contributed by atoms with Crippen molar-refractivity contribution in [3.63, 3.8) is 0 Å². The molecule has 7 unspecified atom stereocenters. The fourth-order valence-corrected chi connectivity index (χ4v) is 15.8. The Morgan fingerprint density at radius 2 is 0.560 bits per heavy atom. The van der Waals surface area contributed by atoms with Gasteiger partial charge in [0.2, 0.25) is 11.2 Å². The number of aliphatic hydroxyl groups excluding tert-OH is 4. The van der Waals surface area contributed by atoms with Gasteiger partial charge in [-0.3, -0.25) is 4.79 Å². The van der Waals surface area contributed by atoms with Crippen LogP contribution in [0.3, 0.4) is 0 Å². The van der Waals surface area contributed by atoms with Gasteiger partial charge in [0.25, 0.3) is 0 Å². The highest BCUT2D eigenvalue weighted by molar-refractivity contribution is 5.91. The van der Waals surface area contributed by atoms with Gasteiger partial charge in [0.15, 0.2) is 122 Å². The van der Waals surface area contributed by atoms with Gasteiger partial charge in [-0.1, -0.05) is 18.2 Å². The molecule has 0 amide bonds. The molecule has 0 saturated carbocycles. The number of carbonyl (C=O) groups excluding carboxylic acids is 1. The lowest BCUT2D eigenvalue weighted by molar-refractivity contribution is -0.0189. The van der Waals surface area contributed by atoms with Crippen molar-refractivity contribution in [2.75, 3.05) is 7.11 Å². The van der Waals surface area contributed by atoms with Crippen LogP contribution in [0.2, 0.25) is 0 Å². The third-order valence-corrected chi connectivity index (χ3v) is 22.7. The van der Waals surface area contributed by atoms with E-state index in [0.29, 0.717) is 38.9 Å². The fraction of sp³-hybridized carbons (Fsp3) is 0.163. The summed E-state index contributed by atoms with van der Waals surface area (Å²) in [6.07, 6.45) is -9.09. The molecule has 141 heavy (non-hydrogen) atoms. The summed E-state index contributed by atoms with van der Waals surface area (Å²) in [6.45, 7) is 0. The SMILES string of the molecule is COc1cc(-c2oc3cc(O)cc(O)c3c(=O)c2O)ccc1O.O=C(O[C@@H]1Cc2c(O)cc(O)cc2OC1c1ccc(O)c(O)c1)c1cc(O)c(O)c(O)c1.Oc1cc(O)c2c(c1)OC(c1cc(O)c(O)c(O)c1)C(O)C2.Oc1cc(O)c2c(c1)OC(c1cc(O)c(O)c(O)c1)[C@H](O)C2.Oc1cc(O)c2c(c1)OC(c1ccc(O)c(O)c1)C(O)C2.Oc1cc(O)c2c(c1)OC(c1ccc(O)c(O)c1)[C@@H](O)C2. The zero-order valence-corrected chi connectivity index (χ0v) is 72.5. The number of ether oxygens (including phenoxy) is 7. The van der Waals surface area contributed by atoms with E-state index in [1.165, 1.54) is 122 Å². The van der Waals surface area contributed by atoms with E-state index < -0.39 is 141 Å². The van der Waals surface area contributed by atoms with E-state index in [9.17, 15) is 178 Å². The third kappa shape index (κ3) is 20.9. The minimum Gasteiger partial charge on any atom is -0.508 e. The first-order valence-electron chi connectivity index (χ1n) is 41.6. The Labute approximate surface area is 790 Å². The van der Waals surface area contributed by atoms with Gasteiger partial charge in [0, 0.05) is 155 Å². The lowest BCUT2D eigenvalue weighted by Crippen LogP contribution is -2.34. The quantitative estimate of drug-likeness (QED) is 0.0471. The summed E-state index contributed by atoms with van der Waals surface area (Å²) >= 11 is 0. The molecular weight excluding hydrogens is 1870 g/mol. The van der Waals surface area contributed by atoms with Crippen molar-refractivity contribution >= 4 is 16.9 Å². The maximum Gasteiger partial charge on any atom is 0.338 e. The summed E-state index contributed by atoms with van der Waals surface area (Å²) < 4.78 is 44.2. The van der Waals surface area contributed by atoms with Gasteiger partial charge in [-0.05, 0) is 102 Å². The van der Waals surface area contributed by atoms with Crippen molar-refractivity contribution in [3.05, 3.63) is 253 Å². The minimum absolute atomic E-state index is 0.0461. The molecule has 6 heterocycles. The van der Waals surface area contributed by atoms with Gasteiger partial charge in [0.1, 0.15) is 127 Å². The third-order valence-electron chi connectivity index (χ3n) is 22.7. The predicted octanol–water partition coefficient (Wildman–Crippen LogP) is 10.4. The highest BCUT2D eigenvalue weighted by Gasteiger charge is 2.41. The summed E-state index contributed by atoms with van der Waals surface area (Å²) in [4.78, 5) is 24.9. The molecular formula is C98H86O43. The number of hydrogen-bond acceptors (Lipinski definition) is 43. The predicted molar refractivity (Wildman–Crippen MR) is 482 cm³/mol. The molecule has 0 saturated heterocycles. The first-order valence-corrected chi connectivity index (χ1v) is 41.6. The standard InChI is InChI=1S/C22H18O10.C16H12O7.2C15H14O7.2C15H14O6/c23-11-6-14(25)12-8-19(32-22(30)10-4-16(27)20(29)17(28)5-10)21(31-18(12)7-11)9-1-2-13(24)15(26)3-9;1-22-11-4-7(2-3-9(11)18)16-15(21)14(20)13-10(19)5-8(17)6-12(13)23-16;2*16-7-3-9(17)8-5-12(20)15(22-13(8)4-7)6-1-10(18)14(21)11(19)2-6;2*16-8-4-11(18)9-6-13(20)15(21-14(9)5-8)7-1-2-10(17)12(19)3-7/h1-7,19,21,23-29H,8H2;2-6,17-19,21H,1H3;2*1-4,12,15-21H,5H2;2*1-5,13,15-20H,6H2/t19-,21?;;12-,15?;;13-,15?;/m1.1.0./s1. The average molecular weight is 1950 g/mol. The second-order valence-electron chi connectivity index (χ2n) is 32.4. The van der Waals surface area contributed by atoms with Crippen molar-refractivity contribution in [2.45, 2.75) is 93.1 Å². The number of aromatic hydroxyl groups is 29. The minimum atomic E-state index is -1.06. The Hall–Kier alpha value is -18.6. The molecule has 19 rings (SSSR count). The van der Waals surface area contributed by atoms with E-state index in [1.54, 1.807) is 0 Å². The zero-order chi connectivity index (χ0) is 102. The fourth-order valence-electron chi connectivity index (χ4n) is 15.8. The highest BCUT2D eigenvalue weighted by atomic mass is 16.6. The number of methoxy groups -OCH3 is 1. The van der Waals surface area contributed by atoms with Crippen molar-refractivity contribution in [1.29, 1.82) is 0 Å². The van der Waals surface area contributed by atoms with Crippen LogP contribution >= 0.6 is 0 Å². The number of fused-ring (bicyclic) bond motifs is 6. The van der Waals surface area contributed by atoms with E-state index in [1.807, 2.05) is 0 Å². The Balaban J connectivity index is 0.000000135. The highest BCUT2D eigenvalue weighted by Crippen LogP contribution is 2.53. The smallest absolute Gasteiger partial charge is 0.338 e. The number of benzene rings is 13. The topological polar surface area (TPSA) is 779 Å². The molecule has 0 spiro atoms. The second-order valence-corrected chi connectivity index (χ2v) is 32.4. The van der Waals surface area contributed by atoms with Gasteiger partial charge in [0.05, 0.1) is 37.1 Å². The van der Waals surface area contributed by atoms with Gasteiger partial charge >= 0.3 is 5.97 Å². The van der Waals surface area contributed by atoms with E-state index in [0.717, 1.165) is 66.7 Å². The molecule has 0 radical (unpaired) electrons. The van der Waals surface area contributed by atoms with Crippen LogP contribution < -0.4 is 33.8 Å². The molecule has 5 aliphatic heterocycles. The summed E-state index contributed by atoms with van der Waals surface area (Å²) in [7, 11) is 1.35. The van der Waals surface area contributed by atoms with Gasteiger partial charge < -0.3 is 206 Å². The van der Waals surface area contributed by atoms with E-state index >= 15 is 0 Å². The Kier molecular flexibility index (Phi) is 27.7. The maximum absolute atomic E-state index is 12.7. The monoisotopic (exact) mass is 1950 g/mol. The molecule has 0 aliphatic carbocycles. The molecule has 1 aromatic heterocycles. The molecule has 13 aromatic carbocycles. The molecule has 0 bridgehead atoms. The zero-order valence-electron chi connectivity index (χ0n) is 72.5. The molecule has 14 aromatic rings. The van der Waals surface area contributed by atoms with Crippen molar-refractivity contribution in [2.24, 2.45) is 0 Å². The molecule has 5 aliphatic rings. The molecule has 0 fully saturated rings. The van der Waals surface area contributed by atoms with Crippen LogP contribution in [0.1, 0.15) is 96.5 Å². The molecule has 736 valence electrons. The molecule has 10 atom stereocenters. The summed E-state index contributed by atoms with van der Waals surface area (Å²) in [5.74, 6) is -11.2. The Morgan fingerprint density at radius 1 is 0.277 bits per heavy atom. The molecule has 43 nitrogen and oxygen atoms in total. The maximum atomic E-state index is 12.7. The number of esters is 1. The number of phenols is 28. The van der Waals surface area contributed by atoms with Gasteiger partial charge in [-0.25, -0.2) is 4.79 Å². The number of carbonyl (C=O) groups is 1. The number of hydrogen-bond donors (Lipinski definition) is 33. The Bertz CT molecular complexity index is 6920. The van der Waals surface area contributed by atoms with Crippen molar-refractivity contribution < 1.29 is 211 Å². The largest absolute Gasteiger partial charge is 0.508 e. The van der Waals surface area contributed by atoms with Crippen LogP contribution in [0.25, 0.3) is 22.3 Å². The lowest BCUT2D eigenvalue weighted by atomic mass is 9.93. The van der Waals surface area contributed by atoms with Crippen molar-refractivity contribution in [3.8, 4) is 213 Å². The van der Waals surface area contributed by atoms with Gasteiger partial charge in [-0.15, -0.1) is 0 Å². The number of phenolic OH excluding ortho intramolecular Hbond substituents is 28. The Morgan fingerprint density at radius 3 is 0.894 bits per heavy atom. The van der Waals surface area contributed by atoms with Crippen LogP contribution in [0, 0.1) is 0 Å². The van der Waals surface area contributed by atoms with Crippen LogP contribution in [0.15, 0.2) is 191 Å². The normalized spacial score (nSPS) is 18.1. The summed E-state index contributed by atoms with van der Waals surface area (Å²) in [6, 6.07) is 37.2.